The van der Waals surface area contributed by atoms with Crippen LogP contribution in [0.1, 0.15) is 18.2 Å². The van der Waals surface area contributed by atoms with E-state index in [9.17, 15) is 4.79 Å². The number of aryl methyl sites for hydroxylation is 1. The second kappa shape index (κ2) is 7.50. The number of rotatable bonds is 6. The minimum absolute atomic E-state index is 0.0609. The molecule has 8 heteroatoms. The van der Waals surface area contributed by atoms with Crippen LogP contribution in [0.25, 0.3) is 5.65 Å². The summed E-state index contributed by atoms with van der Waals surface area (Å²) in [7, 11) is 0. The molecule has 3 aromatic rings. The lowest BCUT2D eigenvalue weighted by Crippen LogP contribution is -2.15. The van der Waals surface area contributed by atoms with Crippen LogP contribution in [0, 0.1) is 6.92 Å². The lowest BCUT2D eigenvalue weighted by molar-refractivity contribution is 0.953. The maximum atomic E-state index is 12.2. The number of aromatic nitrogens is 4. The van der Waals surface area contributed by atoms with E-state index in [4.69, 9.17) is 0 Å². The quantitative estimate of drug-likeness (QED) is 0.481. The van der Waals surface area contributed by atoms with Gasteiger partial charge in [-0.3, -0.25) is 9.20 Å². The standard InChI is InChI=1S/C16H16N4OS3/c1-10(2)8-22-15-18-19-16(24-15)23-9-12-7-13(21)20-6-4-5-11(3)14(20)17-12/h4-7H,1,8-9H2,2-3H3. The second-order valence-corrected chi connectivity index (χ2v) is 8.76. The number of hydrogen-bond acceptors (Lipinski definition) is 7. The maximum absolute atomic E-state index is 12.2. The number of fused-ring (bicyclic) bond motifs is 1. The summed E-state index contributed by atoms with van der Waals surface area (Å²) in [6.45, 7) is 7.83. The Hall–Kier alpha value is -1.64. The predicted molar refractivity (Wildman–Crippen MR) is 101 cm³/mol. The monoisotopic (exact) mass is 376 g/mol. The van der Waals surface area contributed by atoms with Gasteiger partial charge in [-0.1, -0.05) is 53.1 Å². The molecule has 124 valence electrons. The first-order valence-corrected chi connectivity index (χ1v) is 10.0. The molecule has 0 aromatic carbocycles. The van der Waals surface area contributed by atoms with E-state index in [1.807, 2.05) is 26.0 Å². The minimum Gasteiger partial charge on any atom is -0.269 e. The third-order valence-corrected chi connectivity index (χ3v) is 6.57. The molecule has 0 saturated carbocycles. The van der Waals surface area contributed by atoms with Crippen LogP contribution in [0.5, 0.6) is 0 Å². The average Bonchev–Trinajstić information content (AvgIpc) is 3.00. The van der Waals surface area contributed by atoms with Crippen molar-refractivity contribution in [1.29, 1.82) is 0 Å². The summed E-state index contributed by atoms with van der Waals surface area (Å²) in [6, 6.07) is 5.39. The third kappa shape index (κ3) is 4.06. The molecule has 0 N–H and O–H groups in total. The molecule has 0 fully saturated rings. The van der Waals surface area contributed by atoms with Crippen LogP contribution >= 0.6 is 34.9 Å². The fourth-order valence-corrected chi connectivity index (χ4v) is 4.77. The fraction of sp³-hybridized carbons (Fsp3) is 0.250. The van der Waals surface area contributed by atoms with Crippen molar-refractivity contribution in [2.75, 3.05) is 5.75 Å². The molecule has 5 nitrogen and oxygen atoms in total. The predicted octanol–water partition coefficient (Wildman–Crippen LogP) is 3.81. The summed E-state index contributed by atoms with van der Waals surface area (Å²) in [5.74, 6) is 1.45. The highest BCUT2D eigenvalue weighted by atomic mass is 32.2. The van der Waals surface area contributed by atoms with Crippen molar-refractivity contribution >= 4 is 40.5 Å². The van der Waals surface area contributed by atoms with Crippen molar-refractivity contribution in [2.45, 2.75) is 28.3 Å². The van der Waals surface area contributed by atoms with Gasteiger partial charge >= 0.3 is 0 Å². The summed E-state index contributed by atoms with van der Waals surface area (Å²) in [5, 5.41) is 8.35. The van der Waals surface area contributed by atoms with Gasteiger partial charge in [0, 0.05) is 23.8 Å². The van der Waals surface area contributed by atoms with Crippen molar-refractivity contribution < 1.29 is 0 Å². The zero-order chi connectivity index (χ0) is 17.1. The van der Waals surface area contributed by atoms with E-state index >= 15 is 0 Å². The molecule has 0 atom stereocenters. The highest BCUT2D eigenvalue weighted by Crippen LogP contribution is 2.30. The summed E-state index contributed by atoms with van der Waals surface area (Å²) in [5.41, 5.74) is 3.49. The molecule has 0 aliphatic rings. The van der Waals surface area contributed by atoms with Crippen LogP contribution in [0.4, 0.5) is 0 Å². The van der Waals surface area contributed by atoms with E-state index in [-0.39, 0.29) is 5.56 Å². The first-order chi connectivity index (χ1) is 11.5. The van der Waals surface area contributed by atoms with Crippen LogP contribution < -0.4 is 5.56 Å². The molecule has 0 spiro atoms. The molecule has 3 heterocycles. The Balaban J connectivity index is 1.73. The molecule has 24 heavy (non-hydrogen) atoms. The van der Waals surface area contributed by atoms with Gasteiger partial charge in [0.15, 0.2) is 8.68 Å². The van der Waals surface area contributed by atoms with E-state index in [1.165, 1.54) is 0 Å². The molecule has 0 aliphatic heterocycles. The second-order valence-electron chi connectivity index (χ2n) is 5.34. The first kappa shape index (κ1) is 17.2. The van der Waals surface area contributed by atoms with Crippen molar-refractivity contribution in [2.24, 2.45) is 0 Å². The topological polar surface area (TPSA) is 60.2 Å². The van der Waals surface area contributed by atoms with Crippen molar-refractivity contribution in [3.05, 3.63) is 58.2 Å². The normalized spacial score (nSPS) is 11.1. The number of nitrogens with zero attached hydrogens (tertiary/aromatic N) is 4. The van der Waals surface area contributed by atoms with Crippen LogP contribution in [0.3, 0.4) is 0 Å². The van der Waals surface area contributed by atoms with Gasteiger partial charge in [0.05, 0.1) is 5.69 Å². The third-order valence-electron chi connectivity index (χ3n) is 3.11. The molecule has 0 bridgehead atoms. The maximum Gasteiger partial charge on any atom is 0.258 e. The number of pyridine rings is 1. The molecule has 0 aliphatic carbocycles. The van der Waals surface area contributed by atoms with Crippen LogP contribution in [-0.2, 0) is 5.75 Å². The van der Waals surface area contributed by atoms with E-state index in [0.29, 0.717) is 11.4 Å². The fourth-order valence-electron chi connectivity index (χ4n) is 2.02. The number of thioether (sulfide) groups is 2. The summed E-state index contributed by atoms with van der Waals surface area (Å²) in [6.07, 6.45) is 1.74. The van der Waals surface area contributed by atoms with Gasteiger partial charge in [0.25, 0.3) is 5.56 Å². The van der Waals surface area contributed by atoms with Gasteiger partial charge < -0.3 is 0 Å². The molecule has 0 saturated heterocycles. The highest BCUT2D eigenvalue weighted by Gasteiger charge is 2.09. The van der Waals surface area contributed by atoms with Gasteiger partial charge in [-0.05, 0) is 25.5 Å². The Morgan fingerprint density at radius 2 is 2.08 bits per heavy atom. The SMILES string of the molecule is C=C(C)CSc1nnc(SCc2cc(=O)n3cccc(C)c3n2)s1. The smallest absolute Gasteiger partial charge is 0.258 e. The molecule has 3 rings (SSSR count). The zero-order valence-electron chi connectivity index (χ0n) is 13.4. The first-order valence-electron chi connectivity index (χ1n) is 7.24. The van der Waals surface area contributed by atoms with Crippen LogP contribution in [-0.4, -0.2) is 25.3 Å². The zero-order valence-corrected chi connectivity index (χ0v) is 15.8. The lowest BCUT2D eigenvalue weighted by atomic mass is 10.3. The molecule has 0 amide bonds. The van der Waals surface area contributed by atoms with E-state index in [2.05, 4.69) is 21.8 Å². The van der Waals surface area contributed by atoms with E-state index < -0.39 is 0 Å². The van der Waals surface area contributed by atoms with Gasteiger partial charge in [-0.25, -0.2) is 4.98 Å². The van der Waals surface area contributed by atoms with Gasteiger partial charge in [-0.2, -0.15) is 0 Å². The highest BCUT2D eigenvalue weighted by molar-refractivity contribution is 8.03. The Morgan fingerprint density at radius 1 is 1.33 bits per heavy atom. The Morgan fingerprint density at radius 3 is 2.83 bits per heavy atom. The van der Waals surface area contributed by atoms with Crippen LogP contribution in [0.2, 0.25) is 0 Å². The molecule has 0 radical (unpaired) electrons. The Kier molecular flexibility index (Phi) is 5.37. The average molecular weight is 377 g/mol. The van der Waals surface area contributed by atoms with Gasteiger partial charge in [0.1, 0.15) is 5.65 Å². The van der Waals surface area contributed by atoms with Crippen LogP contribution in [0.15, 0.2) is 50.0 Å². The number of hydrogen-bond donors (Lipinski definition) is 0. The molecule has 3 aromatic heterocycles. The Labute approximate surface area is 152 Å². The van der Waals surface area contributed by atoms with Crippen molar-refractivity contribution in [3.63, 3.8) is 0 Å². The largest absolute Gasteiger partial charge is 0.269 e. The van der Waals surface area contributed by atoms with Crippen molar-refractivity contribution in [1.82, 2.24) is 19.6 Å². The molecular formula is C16H16N4OS3. The van der Waals surface area contributed by atoms with E-state index in [1.54, 1.807) is 51.5 Å². The summed E-state index contributed by atoms with van der Waals surface area (Å²) >= 11 is 4.75. The molecule has 0 unspecified atom stereocenters. The van der Waals surface area contributed by atoms with Gasteiger partial charge in [0.2, 0.25) is 0 Å². The lowest BCUT2D eigenvalue weighted by Gasteiger charge is -2.05. The van der Waals surface area contributed by atoms with E-state index in [0.717, 1.165) is 31.3 Å². The van der Waals surface area contributed by atoms with Crippen molar-refractivity contribution in [3.8, 4) is 0 Å². The summed E-state index contributed by atoms with van der Waals surface area (Å²) < 4.78 is 3.38. The molecular weight excluding hydrogens is 360 g/mol. The Bertz CT molecular complexity index is 948. The summed E-state index contributed by atoms with van der Waals surface area (Å²) in [4.78, 5) is 16.8. The van der Waals surface area contributed by atoms with Gasteiger partial charge in [-0.15, -0.1) is 10.2 Å². The minimum atomic E-state index is -0.0609.